The van der Waals surface area contributed by atoms with E-state index >= 15 is 0 Å². The zero-order chi connectivity index (χ0) is 25.1. The molecular formula is C21H18BrF3N2O5S2. The number of halogens is 4. The van der Waals surface area contributed by atoms with Gasteiger partial charge in [0.05, 0.1) is 17.1 Å². The summed E-state index contributed by atoms with van der Waals surface area (Å²) in [7, 11) is -8.31. The molecular weight excluding hydrogens is 561 g/mol. The summed E-state index contributed by atoms with van der Waals surface area (Å²) in [4.78, 5) is -0.392. The fraction of sp³-hybridized carbons (Fsp3) is 0.143. The normalized spacial score (nSPS) is 12.3. The van der Waals surface area contributed by atoms with Gasteiger partial charge in [0, 0.05) is 15.8 Å². The Morgan fingerprint density at radius 3 is 2.12 bits per heavy atom. The van der Waals surface area contributed by atoms with Gasteiger partial charge in [0.15, 0.2) is 0 Å². The van der Waals surface area contributed by atoms with Crippen LogP contribution in [0.25, 0.3) is 0 Å². The first-order valence-corrected chi connectivity index (χ1v) is 13.3. The molecule has 0 unspecified atom stereocenters. The Kier molecular flexibility index (Phi) is 7.48. The van der Waals surface area contributed by atoms with Gasteiger partial charge >= 0.3 is 6.18 Å². The maximum absolute atomic E-state index is 12.9. The summed E-state index contributed by atoms with van der Waals surface area (Å²) in [6.45, 7) is 1.95. The Hall–Kier alpha value is -2.77. The fourth-order valence-corrected chi connectivity index (χ4v) is 5.64. The third kappa shape index (κ3) is 6.21. The second-order valence-electron chi connectivity index (χ2n) is 6.84. The largest absolute Gasteiger partial charge is 0.492 e. The molecule has 0 saturated heterocycles. The van der Waals surface area contributed by atoms with E-state index < -0.39 is 31.8 Å². The zero-order valence-corrected chi connectivity index (χ0v) is 20.6. The molecule has 34 heavy (non-hydrogen) atoms. The Bertz CT molecular complexity index is 1390. The molecule has 2 N–H and O–H groups in total. The van der Waals surface area contributed by atoms with Crippen molar-refractivity contribution in [3.63, 3.8) is 0 Å². The first kappa shape index (κ1) is 25.8. The summed E-state index contributed by atoms with van der Waals surface area (Å²) in [6.07, 6.45) is -4.63. The third-order valence-electron chi connectivity index (χ3n) is 4.35. The maximum Gasteiger partial charge on any atom is 0.416 e. The van der Waals surface area contributed by atoms with Crippen LogP contribution in [0.5, 0.6) is 5.75 Å². The van der Waals surface area contributed by atoms with Crippen molar-refractivity contribution in [2.75, 3.05) is 16.1 Å². The molecule has 0 aromatic heterocycles. The molecule has 0 aliphatic heterocycles. The van der Waals surface area contributed by atoms with Crippen molar-refractivity contribution in [3.05, 3.63) is 76.8 Å². The molecule has 3 aromatic rings. The Morgan fingerprint density at radius 1 is 0.853 bits per heavy atom. The Morgan fingerprint density at radius 2 is 1.50 bits per heavy atom. The van der Waals surface area contributed by atoms with Crippen LogP contribution in [0.2, 0.25) is 0 Å². The second-order valence-corrected chi connectivity index (χ2v) is 11.1. The van der Waals surface area contributed by atoms with Crippen LogP contribution in [-0.4, -0.2) is 23.4 Å². The number of rotatable bonds is 8. The number of sulfonamides is 2. The number of ether oxygens (including phenoxy) is 1. The molecule has 0 atom stereocenters. The SMILES string of the molecule is CCOc1ccc(Br)cc1S(=O)(=O)Nc1ccc(S(=O)(=O)Nc2cccc(C(F)(F)F)c2)cc1. The molecule has 0 saturated carbocycles. The van der Waals surface area contributed by atoms with Gasteiger partial charge in [0.1, 0.15) is 10.6 Å². The summed E-state index contributed by atoms with van der Waals surface area (Å²) in [5.41, 5.74) is -1.20. The summed E-state index contributed by atoms with van der Waals surface area (Å²) >= 11 is 3.22. The molecule has 3 rings (SSSR count). The van der Waals surface area contributed by atoms with Crippen molar-refractivity contribution in [2.24, 2.45) is 0 Å². The molecule has 0 aliphatic carbocycles. The van der Waals surface area contributed by atoms with Gasteiger partial charge < -0.3 is 4.74 Å². The van der Waals surface area contributed by atoms with E-state index in [9.17, 15) is 30.0 Å². The van der Waals surface area contributed by atoms with Crippen LogP contribution in [0.4, 0.5) is 24.5 Å². The van der Waals surface area contributed by atoms with E-state index in [0.717, 1.165) is 24.3 Å². The van der Waals surface area contributed by atoms with Crippen LogP contribution in [0.3, 0.4) is 0 Å². The number of alkyl halides is 3. The molecule has 0 amide bonds. The maximum atomic E-state index is 12.9. The number of nitrogens with one attached hydrogen (secondary N) is 2. The molecule has 182 valence electrons. The van der Waals surface area contributed by atoms with Gasteiger partial charge in [-0.15, -0.1) is 0 Å². The predicted molar refractivity (Wildman–Crippen MR) is 125 cm³/mol. The molecule has 0 spiro atoms. The highest BCUT2D eigenvalue weighted by molar-refractivity contribution is 9.10. The number of anilines is 2. The number of hydrogen-bond acceptors (Lipinski definition) is 5. The molecule has 7 nitrogen and oxygen atoms in total. The fourth-order valence-electron chi connectivity index (χ4n) is 2.85. The molecule has 0 aliphatic rings. The van der Waals surface area contributed by atoms with E-state index in [-0.39, 0.29) is 33.5 Å². The highest BCUT2D eigenvalue weighted by atomic mass is 79.9. The minimum Gasteiger partial charge on any atom is -0.492 e. The minimum atomic E-state index is -4.63. The van der Waals surface area contributed by atoms with Crippen LogP contribution in [-0.2, 0) is 26.2 Å². The monoisotopic (exact) mass is 578 g/mol. The lowest BCUT2D eigenvalue weighted by Gasteiger charge is -2.14. The van der Waals surface area contributed by atoms with Crippen molar-refractivity contribution in [3.8, 4) is 5.75 Å². The first-order valence-electron chi connectivity index (χ1n) is 9.57. The van der Waals surface area contributed by atoms with Crippen LogP contribution in [0.1, 0.15) is 12.5 Å². The van der Waals surface area contributed by atoms with Crippen LogP contribution in [0, 0.1) is 0 Å². The zero-order valence-electron chi connectivity index (χ0n) is 17.4. The van der Waals surface area contributed by atoms with Gasteiger partial charge in [-0.2, -0.15) is 13.2 Å². The van der Waals surface area contributed by atoms with Gasteiger partial charge in [-0.25, -0.2) is 16.8 Å². The Labute approximate surface area is 203 Å². The van der Waals surface area contributed by atoms with E-state index in [1.165, 1.54) is 30.3 Å². The number of hydrogen-bond donors (Lipinski definition) is 2. The second kappa shape index (κ2) is 9.84. The van der Waals surface area contributed by atoms with Gasteiger partial charge in [0.2, 0.25) is 0 Å². The molecule has 0 fully saturated rings. The van der Waals surface area contributed by atoms with E-state index in [1.54, 1.807) is 13.0 Å². The van der Waals surface area contributed by atoms with Gasteiger partial charge in [-0.1, -0.05) is 22.0 Å². The molecule has 0 bridgehead atoms. The average molecular weight is 579 g/mol. The average Bonchev–Trinajstić information content (AvgIpc) is 2.74. The van der Waals surface area contributed by atoms with Crippen LogP contribution in [0.15, 0.2) is 81.0 Å². The summed E-state index contributed by atoms with van der Waals surface area (Å²) < 4.78 is 99.8. The standard InChI is InChI=1S/C21H18BrF3N2O5S2/c1-2-32-19-11-6-15(22)13-20(19)34(30,31)26-16-7-9-18(10-8-16)33(28,29)27-17-5-3-4-14(12-17)21(23,24)25/h3-13,26-27H,2H2,1H3. The van der Waals surface area contributed by atoms with E-state index in [0.29, 0.717) is 10.5 Å². The molecule has 0 heterocycles. The van der Waals surface area contributed by atoms with Crippen molar-refractivity contribution in [1.29, 1.82) is 0 Å². The van der Waals surface area contributed by atoms with E-state index in [2.05, 4.69) is 25.4 Å². The summed E-state index contributed by atoms with van der Waals surface area (Å²) in [6, 6.07) is 12.9. The van der Waals surface area contributed by atoms with Crippen molar-refractivity contribution < 1.29 is 34.7 Å². The Balaban J connectivity index is 1.82. The van der Waals surface area contributed by atoms with Gasteiger partial charge in [-0.3, -0.25) is 9.44 Å². The summed E-state index contributed by atoms with van der Waals surface area (Å²) in [5, 5.41) is 0. The quantitative estimate of drug-likeness (QED) is 0.369. The lowest BCUT2D eigenvalue weighted by molar-refractivity contribution is -0.137. The third-order valence-corrected chi connectivity index (χ3v) is 7.65. The smallest absolute Gasteiger partial charge is 0.416 e. The topological polar surface area (TPSA) is 102 Å². The number of benzene rings is 3. The molecule has 0 radical (unpaired) electrons. The van der Waals surface area contributed by atoms with E-state index in [1.807, 2.05) is 0 Å². The first-order chi connectivity index (χ1) is 15.8. The highest BCUT2D eigenvalue weighted by Gasteiger charge is 2.30. The molecule has 13 heteroatoms. The highest BCUT2D eigenvalue weighted by Crippen LogP contribution is 2.32. The lowest BCUT2D eigenvalue weighted by Crippen LogP contribution is -2.16. The van der Waals surface area contributed by atoms with Gasteiger partial charge in [-0.05, 0) is 67.6 Å². The summed E-state index contributed by atoms with van der Waals surface area (Å²) in [5.74, 6) is 0.141. The van der Waals surface area contributed by atoms with Crippen molar-refractivity contribution >= 4 is 47.4 Å². The van der Waals surface area contributed by atoms with Crippen LogP contribution < -0.4 is 14.2 Å². The van der Waals surface area contributed by atoms with Gasteiger partial charge in [0.25, 0.3) is 20.0 Å². The minimum absolute atomic E-state index is 0.0699. The van der Waals surface area contributed by atoms with E-state index in [4.69, 9.17) is 4.74 Å². The predicted octanol–water partition coefficient (Wildman–Crippen LogP) is 5.47. The van der Waals surface area contributed by atoms with Crippen molar-refractivity contribution in [2.45, 2.75) is 22.9 Å². The lowest BCUT2D eigenvalue weighted by atomic mass is 10.2. The van der Waals surface area contributed by atoms with Crippen molar-refractivity contribution in [1.82, 2.24) is 0 Å². The molecule has 3 aromatic carbocycles. The van der Waals surface area contributed by atoms with Crippen LogP contribution >= 0.6 is 15.9 Å².